The van der Waals surface area contributed by atoms with E-state index in [1.807, 2.05) is 0 Å². The van der Waals surface area contributed by atoms with Crippen molar-refractivity contribution < 1.29 is 37.0 Å². The predicted molar refractivity (Wildman–Crippen MR) is 176 cm³/mol. The Labute approximate surface area is 292 Å². The summed E-state index contributed by atoms with van der Waals surface area (Å²) in [5.74, 6) is -2.37. The van der Waals surface area contributed by atoms with Gasteiger partial charge in [0.15, 0.2) is 11.5 Å². The average molecular weight is 730 g/mol. The zero-order valence-corrected chi connectivity index (χ0v) is 27.9. The molecule has 2 N–H and O–H groups in total. The Morgan fingerprint density at radius 3 is 2.67 bits per heavy atom. The number of aromatic nitrogens is 5. The number of ether oxygens (including phenoxy) is 1. The molecular formula is C34H32ClF4N7O5. The summed E-state index contributed by atoms with van der Waals surface area (Å²) in [5.41, 5.74) is -1.01. The van der Waals surface area contributed by atoms with Crippen molar-refractivity contribution in [2.24, 2.45) is 5.92 Å². The average Bonchev–Trinajstić information content (AvgIpc) is 3.68. The number of fused-ring (bicyclic) bond motifs is 2. The maximum Gasteiger partial charge on any atom is 0.416 e. The van der Waals surface area contributed by atoms with Gasteiger partial charge in [0.2, 0.25) is 11.7 Å². The lowest BCUT2D eigenvalue weighted by Gasteiger charge is -2.46. The van der Waals surface area contributed by atoms with Gasteiger partial charge in [0.1, 0.15) is 18.5 Å². The number of halogens is 5. The fourth-order valence-corrected chi connectivity index (χ4v) is 7.59. The van der Waals surface area contributed by atoms with Crippen molar-refractivity contribution in [3.8, 4) is 5.75 Å². The summed E-state index contributed by atoms with van der Waals surface area (Å²) in [6.07, 6.45) is -1.64. The highest BCUT2D eigenvalue weighted by atomic mass is 35.5. The number of hydrogen-bond acceptors (Lipinski definition) is 8. The fraction of sp³-hybridized carbons (Fsp3) is 0.412. The minimum Gasteiger partial charge on any atom is -0.505 e. The van der Waals surface area contributed by atoms with Gasteiger partial charge in [0, 0.05) is 24.3 Å². The molecule has 268 valence electrons. The molecule has 0 bridgehead atoms. The first-order chi connectivity index (χ1) is 24.4. The predicted octanol–water partition coefficient (Wildman–Crippen LogP) is 5.55. The number of hydrogen-bond donors (Lipinski definition) is 2. The molecule has 4 aromatic rings. The number of nitrogens with one attached hydrogen (secondary N) is 1. The third kappa shape index (κ3) is 6.24. The first-order valence-electron chi connectivity index (χ1n) is 16.4. The van der Waals surface area contributed by atoms with Gasteiger partial charge >= 0.3 is 6.18 Å². The molecule has 2 amide bonds. The van der Waals surface area contributed by atoms with Crippen LogP contribution in [0.1, 0.15) is 77.8 Å². The van der Waals surface area contributed by atoms with Crippen LogP contribution in [0.15, 0.2) is 47.4 Å². The van der Waals surface area contributed by atoms with Crippen molar-refractivity contribution >= 4 is 40.5 Å². The number of carbonyl (C=O) groups is 2. The lowest BCUT2D eigenvalue weighted by atomic mass is 9.69. The number of carbonyl (C=O) groups excluding carboxylic acids is 2. The van der Waals surface area contributed by atoms with E-state index in [1.165, 1.54) is 22.9 Å². The Hall–Kier alpha value is -4.83. The highest BCUT2D eigenvalue weighted by molar-refractivity contribution is 6.33. The van der Waals surface area contributed by atoms with Crippen LogP contribution in [0, 0.1) is 5.92 Å². The first kappa shape index (κ1) is 34.6. The zero-order chi connectivity index (χ0) is 36.2. The highest BCUT2D eigenvalue weighted by Crippen LogP contribution is 2.52. The van der Waals surface area contributed by atoms with Gasteiger partial charge in [0.25, 0.3) is 11.5 Å². The summed E-state index contributed by atoms with van der Waals surface area (Å²) in [4.78, 5) is 51.5. The molecule has 1 aliphatic heterocycles. The van der Waals surface area contributed by atoms with Crippen LogP contribution in [-0.4, -0.2) is 71.8 Å². The van der Waals surface area contributed by atoms with Crippen LogP contribution in [0.5, 0.6) is 5.75 Å². The number of amides is 2. The number of nitrogens with zero attached hydrogens (tertiary/aromatic N) is 6. The molecule has 3 aromatic heterocycles. The maximum absolute atomic E-state index is 16.4. The molecule has 0 saturated heterocycles. The van der Waals surface area contributed by atoms with Crippen LogP contribution in [0.3, 0.4) is 0 Å². The van der Waals surface area contributed by atoms with E-state index >= 15 is 4.39 Å². The quantitative estimate of drug-likeness (QED) is 0.225. The van der Waals surface area contributed by atoms with Gasteiger partial charge in [-0.25, -0.2) is 9.37 Å². The smallest absolute Gasteiger partial charge is 0.416 e. The molecule has 51 heavy (non-hydrogen) atoms. The minimum atomic E-state index is -4.65. The Bertz CT molecular complexity index is 2130. The number of anilines is 1. The molecule has 1 aromatic carbocycles. The summed E-state index contributed by atoms with van der Waals surface area (Å²) in [7, 11) is 0. The van der Waals surface area contributed by atoms with Crippen molar-refractivity contribution in [2.75, 3.05) is 25.1 Å². The van der Waals surface area contributed by atoms with Crippen molar-refractivity contribution in [2.45, 2.75) is 63.5 Å². The lowest BCUT2D eigenvalue weighted by Crippen LogP contribution is -2.52. The normalized spacial score (nSPS) is 21.6. The standard InChI is InChI=1S/C34H32ClF4N7O5/c1-2-44(32(50)28-25(47)4-3-11-40-28)24-8-6-19(24)20-15-22(36)29-27(20)31(49)46-33(42-30(43-46)17-9-12-51-13-10-17)45(29)16-26(48)41-23-7-5-18(14-21(23)35)34(37,38)39/h3-5,7,9,11,14,19-20,22,24,47H,2,6,8,10,12-13,15-16H2,1H3,(H,41,48). The van der Waals surface area contributed by atoms with Crippen LogP contribution >= 0.6 is 11.6 Å². The molecular weight excluding hydrogens is 698 g/mol. The van der Waals surface area contributed by atoms with E-state index in [2.05, 4.69) is 20.4 Å². The van der Waals surface area contributed by atoms with E-state index in [-0.39, 0.29) is 69.9 Å². The summed E-state index contributed by atoms with van der Waals surface area (Å²) in [6.45, 7) is 2.20. The molecule has 1 fully saturated rings. The van der Waals surface area contributed by atoms with E-state index in [1.54, 1.807) is 17.9 Å². The first-order valence-corrected chi connectivity index (χ1v) is 16.8. The molecule has 4 unspecified atom stereocenters. The summed E-state index contributed by atoms with van der Waals surface area (Å²) >= 11 is 6.09. The number of pyridine rings is 1. The maximum atomic E-state index is 16.4. The van der Waals surface area contributed by atoms with Crippen molar-refractivity contribution in [1.82, 2.24) is 29.0 Å². The van der Waals surface area contributed by atoms with E-state index in [0.717, 1.165) is 16.6 Å². The Kier molecular flexibility index (Phi) is 9.08. The minimum absolute atomic E-state index is 0.0477. The second kappa shape index (κ2) is 13.4. The van der Waals surface area contributed by atoms with Crippen molar-refractivity contribution in [1.29, 1.82) is 0 Å². The van der Waals surface area contributed by atoms with Gasteiger partial charge in [-0.05, 0) is 80.3 Å². The van der Waals surface area contributed by atoms with E-state index in [4.69, 9.17) is 16.3 Å². The van der Waals surface area contributed by atoms with E-state index in [9.17, 15) is 32.7 Å². The van der Waals surface area contributed by atoms with Gasteiger partial charge in [0.05, 0.1) is 35.2 Å². The molecule has 4 atom stereocenters. The van der Waals surface area contributed by atoms with Crippen LogP contribution in [0.4, 0.5) is 23.2 Å². The SMILES string of the molecule is CCN(C(=O)c1ncccc1O)C1CCC1C1CC(F)c2c1c(=O)n1nc(C3=CCOCC3)nc1n2CC(=O)Nc1ccc(C(F)(F)F)cc1Cl. The fourth-order valence-electron chi connectivity index (χ4n) is 7.36. The molecule has 0 radical (unpaired) electrons. The van der Waals surface area contributed by atoms with Gasteiger partial charge in [-0.3, -0.25) is 14.4 Å². The summed E-state index contributed by atoms with van der Waals surface area (Å²) < 4.78 is 63.7. The van der Waals surface area contributed by atoms with Gasteiger partial charge in [-0.1, -0.05) is 17.7 Å². The zero-order valence-electron chi connectivity index (χ0n) is 27.2. The summed E-state index contributed by atoms with van der Waals surface area (Å²) in [6, 6.07) is 4.97. The Morgan fingerprint density at radius 1 is 1.22 bits per heavy atom. The highest BCUT2D eigenvalue weighted by Gasteiger charge is 2.49. The largest absolute Gasteiger partial charge is 0.505 e. The number of alkyl halides is 4. The lowest BCUT2D eigenvalue weighted by molar-refractivity contribution is -0.137. The van der Waals surface area contributed by atoms with Crippen LogP contribution in [0.25, 0.3) is 11.4 Å². The molecule has 3 aliphatic rings. The molecule has 7 rings (SSSR count). The molecule has 17 heteroatoms. The molecule has 12 nitrogen and oxygen atoms in total. The number of aromatic hydroxyl groups is 1. The van der Waals surface area contributed by atoms with Crippen molar-refractivity contribution in [3.05, 3.63) is 86.3 Å². The van der Waals surface area contributed by atoms with Crippen LogP contribution < -0.4 is 10.9 Å². The Balaban J connectivity index is 1.27. The number of benzene rings is 1. The van der Waals surface area contributed by atoms with Gasteiger partial charge < -0.3 is 24.6 Å². The number of rotatable bonds is 8. The molecule has 1 saturated carbocycles. The molecule has 2 aliphatic carbocycles. The Morgan fingerprint density at radius 2 is 2.02 bits per heavy atom. The monoisotopic (exact) mass is 729 g/mol. The second-order valence-corrected chi connectivity index (χ2v) is 13.1. The summed E-state index contributed by atoms with van der Waals surface area (Å²) in [5, 5.41) is 16.9. The van der Waals surface area contributed by atoms with E-state index < -0.39 is 47.7 Å². The third-order valence-corrected chi connectivity index (χ3v) is 10.2. The molecule has 0 spiro atoms. The second-order valence-electron chi connectivity index (χ2n) is 12.7. The van der Waals surface area contributed by atoms with Gasteiger partial charge in [-0.2, -0.15) is 22.7 Å². The third-order valence-electron chi connectivity index (χ3n) is 9.87. The van der Waals surface area contributed by atoms with Crippen molar-refractivity contribution in [3.63, 3.8) is 0 Å². The molecule has 4 heterocycles. The van der Waals surface area contributed by atoms with Crippen LogP contribution in [-0.2, 0) is 22.3 Å². The van der Waals surface area contributed by atoms with E-state index in [0.29, 0.717) is 44.1 Å². The van der Waals surface area contributed by atoms with Gasteiger partial charge in [-0.15, -0.1) is 5.10 Å². The van der Waals surface area contributed by atoms with Crippen LogP contribution in [0.2, 0.25) is 5.02 Å². The topological polar surface area (TPSA) is 144 Å².